The van der Waals surface area contributed by atoms with E-state index in [2.05, 4.69) is 28.2 Å². The summed E-state index contributed by atoms with van der Waals surface area (Å²) in [6.45, 7) is 4.02. The third kappa shape index (κ3) is 5.98. The lowest BCUT2D eigenvalue weighted by atomic mass is 9.86. The number of esters is 1. The Bertz CT molecular complexity index is 1250. The zero-order valence-electron chi connectivity index (χ0n) is 20.1. The molecule has 0 bridgehead atoms. The summed E-state index contributed by atoms with van der Waals surface area (Å²) in [4.78, 5) is 16.1. The fraction of sp³-hybridized carbons (Fsp3) is 0.333. The Kier molecular flexibility index (Phi) is 8.02. The van der Waals surface area contributed by atoms with E-state index in [-0.39, 0.29) is 19.0 Å². The minimum absolute atomic E-state index is 0.232. The summed E-state index contributed by atoms with van der Waals surface area (Å²) >= 11 is 6.31. The normalized spacial score (nSPS) is 22.5. The summed E-state index contributed by atoms with van der Waals surface area (Å²) < 4.78 is 25.1. The number of ether oxygens (including phenoxy) is 2. The van der Waals surface area contributed by atoms with E-state index in [1.807, 2.05) is 44.3 Å². The molecule has 0 amide bonds. The lowest BCUT2D eigenvalue weighted by molar-refractivity contribution is -0.139. The number of dihydropyridines is 1. The topological polar surface area (TPSA) is 67.9 Å². The zero-order chi connectivity index (χ0) is 25.0. The number of allylic oxidation sites excluding steroid dienone is 2. The molecule has 1 N–H and O–H groups in total. The smallest absolute Gasteiger partial charge is 0.336 e. The van der Waals surface area contributed by atoms with Gasteiger partial charge >= 0.3 is 5.97 Å². The third-order valence-electron chi connectivity index (χ3n) is 6.20. The summed E-state index contributed by atoms with van der Waals surface area (Å²) in [5.41, 5.74) is 3.74. The Morgan fingerprint density at radius 3 is 2.77 bits per heavy atom. The van der Waals surface area contributed by atoms with Gasteiger partial charge in [0.25, 0.3) is 0 Å². The molecule has 0 saturated heterocycles. The summed E-state index contributed by atoms with van der Waals surface area (Å²) in [7, 11) is -0.701. The number of halogens is 1. The van der Waals surface area contributed by atoms with Crippen LogP contribution in [-0.4, -0.2) is 60.1 Å². The van der Waals surface area contributed by atoms with Crippen LogP contribution in [0.5, 0.6) is 0 Å². The molecule has 0 radical (unpaired) electrons. The van der Waals surface area contributed by atoms with Gasteiger partial charge in [-0.05, 0) is 52.6 Å². The Morgan fingerprint density at radius 1 is 1.26 bits per heavy atom. The van der Waals surface area contributed by atoms with Gasteiger partial charge in [-0.2, -0.15) is 0 Å². The van der Waals surface area contributed by atoms with Crippen LogP contribution in [0.2, 0.25) is 5.02 Å². The molecule has 2 unspecified atom stereocenters. The molecular formula is C27H31ClN2O4S. The minimum Gasteiger partial charge on any atom is -0.461 e. The van der Waals surface area contributed by atoms with Crippen molar-refractivity contribution in [3.05, 3.63) is 92.6 Å². The van der Waals surface area contributed by atoms with Crippen LogP contribution < -0.4 is 5.32 Å². The largest absolute Gasteiger partial charge is 0.461 e. The predicted molar refractivity (Wildman–Crippen MR) is 142 cm³/mol. The summed E-state index contributed by atoms with van der Waals surface area (Å²) in [5.74, 6) is 3.32. The Morgan fingerprint density at radius 2 is 2.03 bits per heavy atom. The SMILES string of the molecule is C=S1(=O)CCOCC2=C1C(c1cccc(Cl)c1)C(C(=O)OCCN(C)Cc1ccccc1)=C(C)N2. The van der Waals surface area contributed by atoms with Gasteiger partial charge in [-0.15, -0.1) is 0 Å². The number of hydrogen-bond acceptors (Lipinski definition) is 6. The van der Waals surface area contributed by atoms with E-state index in [1.54, 1.807) is 12.1 Å². The molecule has 6 nitrogen and oxygen atoms in total. The molecule has 186 valence electrons. The van der Waals surface area contributed by atoms with Crippen LogP contribution in [0.3, 0.4) is 0 Å². The highest BCUT2D eigenvalue weighted by Gasteiger charge is 2.39. The first kappa shape index (κ1) is 25.5. The average Bonchev–Trinajstić information content (AvgIpc) is 2.96. The first-order valence-electron chi connectivity index (χ1n) is 11.5. The quantitative estimate of drug-likeness (QED) is 0.446. The highest BCUT2D eigenvalue weighted by atomic mass is 35.5. The van der Waals surface area contributed by atoms with E-state index < -0.39 is 21.4 Å². The summed E-state index contributed by atoms with van der Waals surface area (Å²) in [6.07, 6.45) is 0. The van der Waals surface area contributed by atoms with E-state index >= 15 is 0 Å². The maximum Gasteiger partial charge on any atom is 0.336 e. The van der Waals surface area contributed by atoms with Gasteiger partial charge in [-0.1, -0.05) is 54.1 Å². The van der Waals surface area contributed by atoms with Crippen LogP contribution in [0.25, 0.3) is 0 Å². The van der Waals surface area contributed by atoms with Crippen molar-refractivity contribution in [2.75, 3.05) is 39.2 Å². The maximum absolute atomic E-state index is 13.7. The molecule has 2 atom stereocenters. The second-order valence-electron chi connectivity index (χ2n) is 8.92. The Labute approximate surface area is 212 Å². The number of nitrogens with one attached hydrogen (secondary N) is 1. The van der Waals surface area contributed by atoms with Gasteiger partial charge in [0, 0.05) is 34.5 Å². The number of hydrogen-bond donors (Lipinski definition) is 1. The van der Waals surface area contributed by atoms with Crippen LogP contribution in [0.15, 0.2) is 76.5 Å². The van der Waals surface area contributed by atoms with Gasteiger partial charge in [-0.3, -0.25) is 9.11 Å². The molecular weight excluding hydrogens is 484 g/mol. The van der Waals surface area contributed by atoms with Gasteiger partial charge in [0.05, 0.1) is 30.4 Å². The molecule has 35 heavy (non-hydrogen) atoms. The van der Waals surface area contributed by atoms with Crippen molar-refractivity contribution < 1.29 is 18.5 Å². The van der Waals surface area contributed by atoms with E-state index in [0.717, 1.165) is 12.1 Å². The van der Waals surface area contributed by atoms with Crippen molar-refractivity contribution in [2.45, 2.75) is 19.4 Å². The first-order valence-corrected chi connectivity index (χ1v) is 13.8. The molecule has 2 aromatic rings. The van der Waals surface area contributed by atoms with Crippen molar-refractivity contribution in [2.24, 2.45) is 0 Å². The van der Waals surface area contributed by atoms with Gasteiger partial charge in [0.2, 0.25) is 0 Å². The fourth-order valence-corrected chi connectivity index (χ4v) is 6.57. The Balaban J connectivity index is 1.58. The first-order chi connectivity index (χ1) is 16.8. The lowest BCUT2D eigenvalue weighted by Crippen LogP contribution is -2.34. The van der Waals surface area contributed by atoms with Crippen molar-refractivity contribution in [3.63, 3.8) is 0 Å². The van der Waals surface area contributed by atoms with Gasteiger partial charge in [0.15, 0.2) is 0 Å². The number of carbonyl (C=O) groups excluding carboxylic acids is 1. The average molecular weight is 515 g/mol. The van der Waals surface area contributed by atoms with Crippen molar-refractivity contribution >= 4 is 33.0 Å². The minimum atomic E-state index is -2.69. The van der Waals surface area contributed by atoms with Gasteiger partial charge in [0.1, 0.15) is 6.61 Å². The standard InChI is InChI=1S/C27H31ClN2O4S/c1-19-24(27(31)34-13-12-30(2)17-20-8-5-4-6-9-20)25(21-10-7-11-22(28)16-21)26-23(29-19)18-33-14-15-35(26,3)32/h4-11,16,25,29H,3,12-15,17-18H2,1-2H3. The fourth-order valence-electron chi connectivity index (χ4n) is 4.52. The number of likely N-dealkylation sites (N-methyl/N-ethyl adjacent to an activating group) is 1. The highest BCUT2D eigenvalue weighted by molar-refractivity contribution is 8.03. The van der Waals surface area contributed by atoms with E-state index in [9.17, 15) is 9.00 Å². The van der Waals surface area contributed by atoms with Gasteiger partial charge in [-0.25, -0.2) is 4.79 Å². The Hall–Kier alpha value is -2.58. The molecule has 0 aliphatic carbocycles. The van der Waals surface area contributed by atoms with Crippen LogP contribution in [0, 0.1) is 0 Å². The predicted octanol–water partition coefficient (Wildman–Crippen LogP) is 3.93. The summed E-state index contributed by atoms with van der Waals surface area (Å²) in [6, 6.07) is 17.4. The molecule has 8 heteroatoms. The molecule has 0 fully saturated rings. The third-order valence-corrected chi connectivity index (χ3v) is 8.54. The number of rotatable bonds is 7. The van der Waals surface area contributed by atoms with Gasteiger partial charge < -0.3 is 14.8 Å². The van der Waals surface area contributed by atoms with E-state index in [4.69, 9.17) is 21.1 Å². The molecule has 0 spiro atoms. The van der Waals surface area contributed by atoms with Crippen LogP contribution in [0.4, 0.5) is 0 Å². The van der Waals surface area contributed by atoms with E-state index in [1.165, 1.54) is 5.56 Å². The van der Waals surface area contributed by atoms with Crippen LogP contribution in [0.1, 0.15) is 24.0 Å². The number of nitrogens with zero attached hydrogens (tertiary/aromatic N) is 1. The maximum atomic E-state index is 13.7. The number of benzene rings is 2. The second kappa shape index (κ2) is 11.0. The molecule has 0 saturated carbocycles. The van der Waals surface area contributed by atoms with Crippen molar-refractivity contribution in [1.29, 1.82) is 0 Å². The van der Waals surface area contributed by atoms with Crippen LogP contribution >= 0.6 is 11.6 Å². The molecule has 2 aliphatic heterocycles. The summed E-state index contributed by atoms with van der Waals surface area (Å²) in [5, 5.41) is 3.80. The molecule has 4 rings (SSSR count). The van der Waals surface area contributed by atoms with Crippen LogP contribution in [-0.2, 0) is 30.3 Å². The molecule has 2 heterocycles. The molecule has 0 aromatic heterocycles. The monoisotopic (exact) mass is 514 g/mol. The zero-order valence-corrected chi connectivity index (χ0v) is 21.7. The highest BCUT2D eigenvalue weighted by Crippen LogP contribution is 2.42. The molecule has 2 aromatic carbocycles. The molecule has 2 aliphatic rings. The second-order valence-corrected chi connectivity index (χ2v) is 11.8. The van der Waals surface area contributed by atoms with Crippen molar-refractivity contribution in [1.82, 2.24) is 10.2 Å². The number of carbonyl (C=O) groups is 1. The van der Waals surface area contributed by atoms with Crippen molar-refractivity contribution in [3.8, 4) is 0 Å². The lowest BCUT2D eigenvalue weighted by Gasteiger charge is -2.33. The van der Waals surface area contributed by atoms with E-state index in [0.29, 0.717) is 40.0 Å².